The van der Waals surface area contributed by atoms with Crippen LogP contribution in [-0.2, 0) is 6.54 Å². The molecule has 0 unspecified atom stereocenters. The number of aryl methyl sites for hydroxylation is 1. The number of anilines is 1. The Kier molecular flexibility index (Phi) is 4.88. The summed E-state index contributed by atoms with van der Waals surface area (Å²) in [5.41, 5.74) is 2.30. The number of urea groups is 1. The van der Waals surface area contributed by atoms with E-state index in [0.29, 0.717) is 22.3 Å². The number of benzene rings is 2. The Morgan fingerprint density at radius 1 is 1.10 bits per heavy atom. The molecular weight excluding hydrogens is 295 g/mol. The van der Waals surface area contributed by atoms with Crippen LogP contribution in [0.3, 0.4) is 0 Å². The number of rotatable bonds is 3. The number of hydrogen-bond acceptors (Lipinski definition) is 1. The van der Waals surface area contributed by atoms with Crippen molar-refractivity contribution in [3.63, 3.8) is 0 Å². The SMILES string of the molecule is Cc1ccc(Cl)c(NC(=O)NCc2ccccc2)c1Cl. The minimum Gasteiger partial charge on any atom is -0.334 e. The van der Waals surface area contributed by atoms with Crippen molar-refractivity contribution in [1.82, 2.24) is 5.32 Å². The molecule has 0 saturated heterocycles. The molecule has 0 fully saturated rings. The van der Waals surface area contributed by atoms with Crippen LogP contribution in [0.1, 0.15) is 11.1 Å². The first-order chi connectivity index (χ1) is 9.58. The van der Waals surface area contributed by atoms with E-state index in [1.54, 1.807) is 12.1 Å². The van der Waals surface area contributed by atoms with Gasteiger partial charge in [0.15, 0.2) is 0 Å². The van der Waals surface area contributed by atoms with Crippen LogP contribution in [-0.4, -0.2) is 6.03 Å². The standard InChI is InChI=1S/C15H14Cl2N2O/c1-10-7-8-12(16)14(13(10)17)19-15(20)18-9-11-5-3-2-4-6-11/h2-8H,9H2,1H3,(H2,18,19,20). The Morgan fingerprint density at radius 3 is 2.50 bits per heavy atom. The van der Waals surface area contributed by atoms with Crippen LogP contribution in [0.5, 0.6) is 0 Å². The Labute approximate surface area is 127 Å². The molecule has 0 heterocycles. The highest BCUT2D eigenvalue weighted by Crippen LogP contribution is 2.32. The first kappa shape index (κ1) is 14.7. The third kappa shape index (κ3) is 3.65. The summed E-state index contributed by atoms with van der Waals surface area (Å²) in [5.74, 6) is 0. The number of carbonyl (C=O) groups is 1. The number of amides is 2. The van der Waals surface area contributed by atoms with Crippen molar-refractivity contribution in [2.45, 2.75) is 13.5 Å². The number of nitrogens with one attached hydrogen (secondary N) is 2. The summed E-state index contributed by atoms with van der Waals surface area (Å²) in [6.45, 7) is 2.29. The molecule has 0 bridgehead atoms. The second-order valence-electron chi connectivity index (χ2n) is 4.35. The second kappa shape index (κ2) is 6.64. The molecule has 2 aromatic carbocycles. The topological polar surface area (TPSA) is 41.1 Å². The molecule has 0 aliphatic carbocycles. The molecule has 20 heavy (non-hydrogen) atoms. The summed E-state index contributed by atoms with van der Waals surface area (Å²) in [6.07, 6.45) is 0. The maximum Gasteiger partial charge on any atom is 0.319 e. The van der Waals surface area contributed by atoms with Crippen molar-refractivity contribution in [1.29, 1.82) is 0 Å². The zero-order valence-corrected chi connectivity index (χ0v) is 12.4. The van der Waals surface area contributed by atoms with Gasteiger partial charge in [0.1, 0.15) is 0 Å². The Bertz CT molecular complexity index is 615. The zero-order chi connectivity index (χ0) is 14.5. The molecule has 104 valence electrons. The van der Waals surface area contributed by atoms with Crippen molar-refractivity contribution < 1.29 is 4.79 Å². The third-order valence-electron chi connectivity index (χ3n) is 2.82. The summed E-state index contributed by atoms with van der Waals surface area (Å²) < 4.78 is 0. The highest BCUT2D eigenvalue weighted by molar-refractivity contribution is 6.40. The smallest absolute Gasteiger partial charge is 0.319 e. The van der Waals surface area contributed by atoms with Gasteiger partial charge in [-0.2, -0.15) is 0 Å². The summed E-state index contributed by atoms with van der Waals surface area (Å²) in [6, 6.07) is 12.8. The van der Waals surface area contributed by atoms with Crippen LogP contribution in [0.4, 0.5) is 10.5 Å². The van der Waals surface area contributed by atoms with Gasteiger partial charge in [0.05, 0.1) is 15.7 Å². The molecule has 0 aromatic heterocycles. The molecule has 2 aromatic rings. The van der Waals surface area contributed by atoms with Gasteiger partial charge in [-0.25, -0.2) is 4.79 Å². The second-order valence-corrected chi connectivity index (χ2v) is 5.13. The van der Waals surface area contributed by atoms with Crippen molar-refractivity contribution in [2.75, 3.05) is 5.32 Å². The van der Waals surface area contributed by atoms with Gasteiger partial charge in [-0.05, 0) is 24.1 Å². The number of hydrogen-bond donors (Lipinski definition) is 2. The fourth-order valence-electron chi connectivity index (χ4n) is 1.71. The fraction of sp³-hybridized carbons (Fsp3) is 0.133. The summed E-state index contributed by atoms with van der Waals surface area (Å²) >= 11 is 12.2. The highest BCUT2D eigenvalue weighted by Gasteiger charge is 2.11. The minimum absolute atomic E-state index is 0.344. The van der Waals surface area contributed by atoms with Gasteiger partial charge in [-0.15, -0.1) is 0 Å². The van der Waals surface area contributed by atoms with Crippen LogP contribution in [0.25, 0.3) is 0 Å². The maximum atomic E-state index is 11.9. The third-order valence-corrected chi connectivity index (χ3v) is 3.62. The molecule has 0 aliphatic rings. The average Bonchev–Trinajstić information content (AvgIpc) is 2.46. The number of halogens is 2. The van der Waals surface area contributed by atoms with E-state index >= 15 is 0 Å². The highest BCUT2D eigenvalue weighted by atomic mass is 35.5. The predicted octanol–water partition coefficient (Wildman–Crippen LogP) is 4.62. The van der Waals surface area contributed by atoms with Crippen LogP contribution in [0.15, 0.2) is 42.5 Å². The predicted molar refractivity (Wildman–Crippen MR) is 83.5 cm³/mol. The van der Waals surface area contributed by atoms with E-state index in [1.165, 1.54) is 0 Å². The summed E-state index contributed by atoms with van der Waals surface area (Å²) in [4.78, 5) is 11.9. The van der Waals surface area contributed by atoms with Crippen molar-refractivity contribution in [3.8, 4) is 0 Å². The molecule has 0 saturated carbocycles. The fourth-order valence-corrected chi connectivity index (χ4v) is 2.17. The lowest BCUT2D eigenvalue weighted by Crippen LogP contribution is -2.28. The molecule has 0 spiro atoms. The molecule has 5 heteroatoms. The lowest BCUT2D eigenvalue weighted by Gasteiger charge is -2.12. The molecule has 0 radical (unpaired) electrons. The van der Waals surface area contributed by atoms with Gasteiger partial charge >= 0.3 is 6.03 Å². The molecule has 0 atom stereocenters. The Balaban J connectivity index is 2.00. The molecule has 3 nitrogen and oxygen atoms in total. The van der Waals surface area contributed by atoms with Crippen LogP contribution in [0, 0.1) is 6.92 Å². The van der Waals surface area contributed by atoms with E-state index in [-0.39, 0.29) is 6.03 Å². The lowest BCUT2D eigenvalue weighted by atomic mass is 10.2. The van der Waals surface area contributed by atoms with E-state index in [0.717, 1.165) is 11.1 Å². The van der Waals surface area contributed by atoms with Crippen LogP contribution < -0.4 is 10.6 Å². The quantitative estimate of drug-likeness (QED) is 0.853. The van der Waals surface area contributed by atoms with Gasteiger partial charge in [0, 0.05) is 6.54 Å². The molecule has 2 N–H and O–H groups in total. The van der Waals surface area contributed by atoms with Gasteiger partial charge in [-0.1, -0.05) is 59.6 Å². The first-order valence-corrected chi connectivity index (χ1v) is 6.87. The van der Waals surface area contributed by atoms with Gasteiger partial charge in [0.25, 0.3) is 0 Å². The average molecular weight is 309 g/mol. The molecule has 0 aliphatic heterocycles. The van der Waals surface area contributed by atoms with Crippen molar-refractivity contribution >= 4 is 34.9 Å². The van der Waals surface area contributed by atoms with E-state index in [9.17, 15) is 4.79 Å². The number of carbonyl (C=O) groups excluding carboxylic acids is 1. The van der Waals surface area contributed by atoms with Crippen LogP contribution in [0.2, 0.25) is 10.0 Å². The first-order valence-electron chi connectivity index (χ1n) is 6.11. The van der Waals surface area contributed by atoms with Crippen molar-refractivity contribution in [3.05, 3.63) is 63.6 Å². The van der Waals surface area contributed by atoms with Gasteiger partial charge in [0.2, 0.25) is 0 Å². The van der Waals surface area contributed by atoms with Crippen molar-refractivity contribution in [2.24, 2.45) is 0 Å². The van der Waals surface area contributed by atoms with Gasteiger partial charge < -0.3 is 10.6 Å². The van der Waals surface area contributed by atoms with E-state index < -0.39 is 0 Å². The zero-order valence-electron chi connectivity index (χ0n) is 10.9. The van der Waals surface area contributed by atoms with E-state index in [4.69, 9.17) is 23.2 Å². The Morgan fingerprint density at radius 2 is 1.80 bits per heavy atom. The molecule has 2 amide bonds. The normalized spacial score (nSPS) is 10.2. The molecular formula is C15H14Cl2N2O. The summed E-state index contributed by atoms with van der Waals surface area (Å²) in [5, 5.41) is 6.29. The summed E-state index contributed by atoms with van der Waals surface area (Å²) in [7, 11) is 0. The minimum atomic E-state index is -0.344. The van der Waals surface area contributed by atoms with E-state index in [1.807, 2.05) is 37.3 Å². The Hall–Kier alpha value is -1.71. The lowest BCUT2D eigenvalue weighted by molar-refractivity contribution is 0.251. The van der Waals surface area contributed by atoms with Crippen LogP contribution >= 0.6 is 23.2 Å². The van der Waals surface area contributed by atoms with E-state index in [2.05, 4.69) is 10.6 Å². The molecule has 2 rings (SSSR count). The van der Waals surface area contributed by atoms with Gasteiger partial charge in [-0.3, -0.25) is 0 Å². The largest absolute Gasteiger partial charge is 0.334 e. The monoisotopic (exact) mass is 308 g/mol. The maximum absolute atomic E-state index is 11.9.